The minimum atomic E-state index is -0.130. The zero-order chi connectivity index (χ0) is 15.6. The summed E-state index contributed by atoms with van der Waals surface area (Å²) in [5, 5.41) is 0. The van der Waals surface area contributed by atoms with E-state index in [4.69, 9.17) is 0 Å². The molecule has 2 saturated heterocycles. The Kier molecular flexibility index (Phi) is 4.08. The van der Waals surface area contributed by atoms with Gasteiger partial charge in [0.2, 0.25) is 0 Å². The van der Waals surface area contributed by atoms with Crippen LogP contribution in [0.25, 0.3) is 0 Å². The Morgan fingerprint density at radius 1 is 1.13 bits per heavy atom. The van der Waals surface area contributed by atoms with E-state index in [2.05, 4.69) is 26.8 Å². The summed E-state index contributed by atoms with van der Waals surface area (Å²) in [5.41, 5.74) is 8.51. The fourth-order valence-electron chi connectivity index (χ4n) is 3.77. The highest BCUT2D eigenvalue weighted by atomic mass is 19.1. The SMILES string of the molecule is Fc1ccccc1C1NNC2CCN(Cc3ccccn3)CC21. The number of aromatic nitrogens is 1. The van der Waals surface area contributed by atoms with Crippen molar-refractivity contribution in [3.63, 3.8) is 0 Å². The molecule has 0 saturated carbocycles. The van der Waals surface area contributed by atoms with Crippen LogP contribution in [0.2, 0.25) is 0 Å². The van der Waals surface area contributed by atoms with Gasteiger partial charge in [0.15, 0.2) is 0 Å². The van der Waals surface area contributed by atoms with Crippen LogP contribution in [0.3, 0.4) is 0 Å². The Bertz CT molecular complexity index is 663. The molecule has 0 spiro atoms. The second-order valence-corrected chi connectivity index (χ2v) is 6.40. The molecule has 4 rings (SSSR count). The van der Waals surface area contributed by atoms with Crippen molar-refractivity contribution in [3.8, 4) is 0 Å². The predicted molar refractivity (Wildman–Crippen MR) is 86.8 cm³/mol. The monoisotopic (exact) mass is 312 g/mol. The van der Waals surface area contributed by atoms with Crippen LogP contribution < -0.4 is 10.9 Å². The number of pyridine rings is 1. The fraction of sp³-hybridized carbons (Fsp3) is 0.389. The van der Waals surface area contributed by atoms with Crippen molar-refractivity contribution in [3.05, 3.63) is 65.7 Å². The van der Waals surface area contributed by atoms with Gasteiger partial charge in [0.05, 0.1) is 11.7 Å². The standard InChI is InChI=1S/C18H21FN4/c19-16-7-2-1-6-14(16)18-15-12-23(10-8-17(15)21-22-18)11-13-5-3-4-9-20-13/h1-7,9,15,17-18,21-22H,8,10-12H2. The Hall–Kier alpha value is -1.82. The minimum Gasteiger partial charge on any atom is -0.297 e. The summed E-state index contributed by atoms with van der Waals surface area (Å²) in [6.45, 7) is 2.84. The molecule has 1 aromatic heterocycles. The van der Waals surface area contributed by atoms with Gasteiger partial charge in [-0.3, -0.25) is 15.3 Å². The molecule has 120 valence electrons. The average molecular weight is 312 g/mol. The third kappa shape index (κ3) is 3.00. The lowest BCUT2D eigenvalue weighted by Gasteiger charge is -2.36. The van der Waals surface area contributed by atoms with Crippen LogP contribution in [0, 0.1) is 11.7 Å². The number of nitrogens with one attached hydrogen (secondary N) is 2. The maximum absolute atomic E-state index is 14.2. The zero-order valence-corrected chi connectivity index (χ0v) is 13.0. The molecular formula is C18H21FN4. The maximum atomic E-state index is 14.2. The first kappa shape index (κ1) is 14.8. The van der Waals surface area contributed by atoms with E-state index in [1.165, 1.54) is 0 Å². The Labute approximate surface area is 135 Å². The normalized spacial score (nSPS) is 27.8. The van der Waals surface area contributed by atoms with E-state index in [9.17, 15) is 4.39 Å². The van der Waals surface area contributed by atoms with Gasteiger partial charge in [-0.05, 0) is 24.6 Å². The number of hydrogen-bond acceptors (Lipinski definition) is 4. The Morgan fingerprint density at radius 2 is 2.00 bits per heavy atom. The van der Waals surface area contributed by atoms with Crippen molar-refractivity contribution < 1.29 is 4.39 Å². The van der Waals surface area contributed by atoms with Gasteiger partial charge in [-0.1, -0.05) is 24.3 Å². The van der Waals surface area contributed by atoms with E-state index in [-0.39, 0.29) is 11.9 Å². The molecule has 2 aromatic rings. The molecule has 3 atom stereocenters. The minimum absolute atomic E-state index is 0.0210. The second kappa shape index (κ2) is 6.35. The molecule has 0 aliphatic carbocycles. The number of benzene rings is 1. The van der Waals surface area contributed by atoms with Crippen molar-refractivity contribution >= 4 is 0 Å². The Morgan fingerprint density at radius 3 is 2.83 bits per heavy atom. The van der Waals surface area contributed by atoms with Crippen LogP contribution in [-0.2, 0) is 6.54 Å². The van der Waals surface area contributed by atoms with E-state index >= 15 is 0 Å². The van der Waals surface area contributed by atoms with E-state index in [1.54, 1.807) is 12.1 Å². The van der Waals surface area contributed by atoms with Gasteiger partial charge in [-0.15, -0.1) is 0 Å². The first-order valence-corrected chi connectivity index (χ1v) is 8.19. The highest BCUT2D eigenvalue weighted by molar-refractivity contribution is 5.24. The van der Waals surface area contributed by atoms with Crippen LogP contribution in [0.15, 0.2) is 48.7 Å². The van der Waals surface area contributed by atoms with E-state index in [1.807, 2.05) is 30.5 Å². The fourth-order valence-corrected chi connectivity index (χ4v) is 3.77. The van der Waals surface area contributed by atoms with Gasteiger partial charge in [0.25, 0.3) is 0 Å². The molecule has 2 fully saturated rings. The molecule has 2 N–H and O–H groups in total. The van der Waals surface area contributed by atoms with Gasteiger partial charge in [0, 0.05) is 43.4 Å². The second-order valence-electron chi connectivity index (χ2n) is 6.40. The molecule has 3 heterocycles. The van der Waals surface area contributed by atoms with Gasteiger partial charge < -0.3 is 0 Å². The number of hydrazine groups is 1. The average Bonchev–Trinajstić information content (AvgIpc) is 2.99. The maximum Gasteiger partial charge on any atom is 0.128 e. The largest absolute Gasteiger partial charge is 0.297 e. The lowest BCUT2D eigenvalue weighted by atomic mass is 9.85. The summed E-state index contributed by atoms with van der Waals surface area (Å²) in [6.07, 6.45) is 2.90. The third-order valence-corrected chi connectivity index (χ3v) is 4.95. The molecule has 2 aliphatic heterocycles. The number of hydrogen-bond donors (Lipinski definition) is 2. The molecule has 0 bridgehead atoms. The summed E-state index contributed by atoms with van der Waals surface area (Å²) >= 11 is 0. The lowest BCUT2D eigenvalue weighted by Crippen LogP contribution is -2.45. The van der Waals surface area contributed by atoms with Gasteiger partial charge >= 0.3 is 0 Å². The number of nitrogens with zero attached hydrogens (tertiary/aromatic N) is 2. The van der Waals surface area contributed by atoms with Crippen molar-refractivity contribution in [1.29, 1.82) is 0 Å². The molecule has 0 amide bonds. The van der Waals surface area contributed by atoms with Crippen LogP contribution >= 0.6 is 0 Å². The smallest absolute Gasteiger partial charge is 0.128 e. The summed E-state index contributed by atoms with van der Waals surface area (Å²) in [6, 6.07) is 13.5. The van der Waals surface area contributed by atoms with Crippen molar-refractivity contribution in [1.82, 2.24) is 20.7 Å². The quantitative estimate of drug-likeness (QED) is 0.912. The zero-order valence-electron chi connectivity index (χ0n) is 13.0. The molecule has 2 aliphatic rings. The van der Waals surface area contributed by atoms with Gasteiger partial charge in [0.1, 0.15) is 5.82 Å². The highest BCUT2D eigenvalue weighted by Gasteiger charge is 2.41. The van der Waals surface area contributed by atoms with Crippen LogP contribution in [0.5, 0.6) is 0 Å². The lowest BCUT2D eigenvalue weighted by molar-refractivity contribution is 0.146. The van der Waals surface area contributed by atoms with E-state index in [0.29, 0.717) is 12.0 Å². The number of fused-ring (bicyclic) bond motifs is 1. The topological polar surface area (TPSA) is 40.2 Å². The molecule has 1 aromatic carbocycles. The first-order chi connectivity index (χ1) is 11.3. The Balaban J connectivity index is 1.50. The molecular weight excluding hydrogens is 291 g/mol. The van der Waals surface area contributed by atoms with Crippen LogP contribution in [0.4, 0.5) is 4.39 Å². The van der Waals surface area contributed by atoms with Crippen molar-refractivity contribution in [2.24, 2.45) is 5.92 Å². The highest BCUT2D eigenvalue weighted by Crippen LogP contribution is 2.34. The van der Waals surface area contributed by atoms with Gasteiger partial charge in [-0.2, -0.15) is 0 Å². The van der Waals surface area contributed by atoms with Crippen LogP contribution in [-0.4, -0.2) is 29.0 Å². The molecule has 0 radical (unpaired) electrons. The van der Waals surface area contributed by atoms with Crippen molar-refractivity contribution in [2.45, 2.75) is 25.0 Å². The predicted octanol–water partition coefficient (Wildman–Crippen LogP) is 2.26. The number of rotatable bonds is 3. The molecule has 23 heavy (non-hydrogen) atoms. The number of halogens is 1. The molecule has 3 unspecified atom stereocenters. The first-order valence-electron chi connectivity index (χ1n) is 8.19. The summed E-state index contributed by atoms with van der Waals surface area (Å²) < 4.78 is 14.2. The van der Waals surface area contributed by atoms with E-state index < -0.39 is 0 Å². The summed E-state index contributed by atoms with van der Waals surface area (Å²) in [4.78, 5) is 6.84. The van der Waals surface area contributed by atoms with E-state index in [0.717, 1.165) is 37.3 Å². The third-order valence-electron chi connectivity index (χ3n) is 4.95. The molecule has 5 heteroatoms. The molecule has 4 nitrogen and oxygen atoms in total. The van der Waals surface area contributed by atoms with Crippen molar-refractivity contribution in [2.75, 3.05) is 13.1 Å². The number of piperidine rings is 1. The summed E-state index contributed by atoms with van der Waals surface area (Å²) in [7, 11) is 0. The summed E-state index contributed by atoms with van der Waals surface area (Å²) in [5.74, 6) is 0.235. The number of likely N-dealkylation sites (tertiary alicyclic amines) is 1. The van der Waals surface area contributed by atoms with Crippen LogP contribution in [0.1, 0.15) is 23.7 Å². The van der Waals surface area contributed by atoms with Gasteiger partial charge in [-0.25, -0.2) is 9.82 Å².